The molecule has 1 amide bonds. The third-order valence-electron chi connectivity index (χ3n) is 4.20. The van der Waals surface area contributed by atoms with Gasteiger partial charge in [-0.1, -0.05) is 24.3 Å². The van der Waals surface area contributed by atoms with Gasteiger partial charge in [0, 0.05) is 11.1 Å². The number of hydrogen-bond donors (Lipinski definition) is 1. The third kappa shape index (κ3) is 3.77. The number of para-hydroxylation sites is 1. The van der Waals surface area contributed by atoms with Crippen molar-refractivity contribution in [3.8, 4) is 5.75 Å². The fourth-order valence-electron chi connectivity index (χ4n) is 2.79. The Morgan fingerprint density at radius 1 is 1.00 bits per heavy atom. The highest BCUT2D eigenvalue weighted by molar-refractivity contribution is 7.12. The van der Waals surface area contributed by atoms with E-state index in [-0.39, 0.29) is 5.91 Å². The smallest absolute Gasteiger partial charge is 0.345 e. The summed E-state index contributed by atoms with van der Waals surface area (Å²) in [5.74, 6) is -0.240. The first-order valence-electron chi connectivity index (χ1n) is 8.63. The highest BCUT2D eigenvalue weighted by Crippen LogP contribution is 2.21. The van der Waals surface area contributed by atoms with Crippen molar-refractivity contribution < 1.29 is 14.3 Å². The van der Waals surface area contributed by atoms with Gasteiger partial charge in [0.15, 0.2) is 0 Å². The van der Waals surface area contributed by atoms with Crippen molar-refractivity contribution in [3.63, 3.8) is 0 Å². The first-order valence-corrected chi connectivity index (χ1v) is 9.51. The number of hydrogen-bond acceptors (Lipinski definition) is 5. The number of esters is 1. The number of aryl methyl sites for hydroxylation is 1. The second-order valence-electron chi connectivity index (χ2n) is 6.16. The number of aromatic nitrogens is 1. The molecule has 0 saturated heterocycles. The summed E-state index contributed by atoms with van der Waals surface area (Å²) in [5.41, 5.74) is 2.50. The van der Waals surface area contributed by atoms with Crippen LogP contribution in [0.15, 0.2) is 72.1 Å². The Bertz CT molecular complexity index is 1150. The van der Waals surface area contributed by atoms with E-state index in [1.165, 1.54) is 11.3 Å². The summed E-state index contributed by atoms with van der Waals surface area (Å²) in [6.45, 7) is 1.78. The van der Waals surface area contributed by atoms with Crippen LogP contribution < -0.4 is 10.1 Å². The normalized spacial score (nSPS) is 10.6. The Kier molecular flexibility index (Phi) is 4.87. The molecule has 2 aromatic heterocycles. The monoisotopic (exact) mass is 388 g/mol. The summed E-state index contributed by atoms with van der Waals surface area (Å²) in [6.07, 6.45) is 0. The summed E-state index contributed by atoms with van der Waals surface area (Å²) >= 11 is 1.37. The number of amides is 1. The maximum Gasteiger partial charge on any atom is 0.345 e. The number of nitrogens with one attached hydrogen (secondary N) is 1. The number of nitrogens with zero attached hydrogens (tertiary/aromatic N) is 1. The number of benzene rings is 2. The Labute approximate surface area is 165 Å². The van der Waals surface area contributed by atoms with Crippen LogP contribution in [-0.4, -0.2) is 16.9 Å². The molecular weight excluding hydrogens is 372 g/mol. The van der Waals surface area contributed by atoms with Crippen LogP contribution in [0.2, 0.25) is 0 Å². The zero-order chi connectivity index (χ0) is 19.5. The summed E-state index contributed by atoms with van der Waals surface area (Å²) in [5, 5.41) is 5.54. The molecule has 2 heterocycles. The fourth-order valence-corrected chi connectivity index (χ4v) is 3.41. The van der Waals surface area contributed by atoms with Crippen molar-refractivity contribution in [3.05, 3.63) is 88.2 Å². The molecular formula is C22H16N2O3S. The van der Waals surface area contributed by atoms with E-state index in [1.54, 1.807) is 43.3 Å². The first-order chi connectivity index (χ1) is 13.6. The molecule has 0 aliphatic heterocycles. The summed E-state index contributed by atoms with van der Waals surface area (Å²) in [6, 6.07) is 19.7. The number of anilines is 1. The molecule has 0 fully saturated rings. The predicted octanol–water partition coefficient (Wildman–Crippen LogP) is 5.08. The third-order valence-corrected chi connectivity index (χ3v) is 5.07. The van der Waals surface area contributed by atoms with Gasteiger partial charge in [0.25, 0.3) is 5.91 Å². The molecule has 138 valence electrons. The van der Waals surface area contributed by atoms with Gasteiger partial charge in [-0.2, -0.15) is 0 Å². The van der Waals surface area contributed by atoms with Gasteiger partial charge >= 0.3 is 5.97 Å². The highest BCUT2D eigenvalue weighted by atomic mass is 32.1. The first kappa shape index (κ1) is 17.9. The molecule has 2 aromatic carbocycles. The van der Waals surface area contributed by atoms with Gasteiger partial charge in [0.1, 0.15) is 5.75 Å². The molecule has 4 rings (SSSR count). The van der Waals surface area contributed by atoms with Crippen molar-refractivity contribution in [2.24, 2.45) is 0 Å². The number of ether oxygens (including phenoxy) is 1. The maximum absolute atomic E-state index is 12.6. The van der Waals surface area contributed by atoms with E-state index in [2.05, 4.69) is 10.3 Å². The molecule has 0 aliphatic rings. The Hall–Kier alpha value is -3.51. The summed E-state index contributed by atoms with van der Waals surface area (Å²) < 4.78 is 5.47. The Balaban J connectivity index is 1.48. The minimum atomic E-state index is -0.467. The van der Waals surface area contributed by atoms with Gasteiger partial charge in [-0.3, -0.25) is 9.78 Å². The van der Waals surface area contributed by atoms with Gasteiger partial charge in [-0.25, -0.2) is 4.79 Å². The standard InChI is InChI=1S/C22H16N2O3S/c1-14-18(13-15-5-2-3-6-19(15)23-14)22(26)27-17-10-8-16(9-11-17)24-21(25)20-7-4-12-28-20/h2-13H,1H3,(H,24,25). The largest absolute Gasteiger partial charge is 0.423 e. The molecule has 0 saturated carbocycles. The number of pyridine rings is 1. The molecule has 4 aromatic rings. The van der Waals surface area contributed by atoms with Crippen LogP contribution in [0.25, 0.3) is 10.9 Å². The molecule has 0 spiro atoms. The molecule has 0 unspecified atom stereocenters. The molecule has 0 atom stereocenters. The molecule has 0 radical (unpaired) electrons. The molecule has 6 heteroatoms. The lowest BCUT2D eigenvalue weighted by atomic mass is 10.1. The van der Waals surface area contributed by atoms with E-state index in [4.69, 9.17) is 4.74 Å². The van der Waals surface area contributed by atoms with Crippen molar-refractivity contribution in [2.45, 2.75) is 6.92 Å². The number of rotatable bonds is 4. The average molecular weight is 388 g/mol. The van der Waals surface area contributed by atoms with E-state index in [9.17, 15) is 9.59 Å². The van der Waals surface area contributed by atoms with E-state index in [0.29, 0.717) is 27.6 Å². The van der Waals surface area contributed by atoms with Crippen LogP contribution >= 0.6 is 11.3 Å². The van der Waals surface area contributed by atoms with Crippen LogP contribution in [-0.2, 0) is 0 Å². The predicted molar refractivity (Wildman–Crippen MR) is 110 cm³/mol. The molecule has 0 aliphatic carbocycles. The Morgan fingerprint density at radius 3 is 2.54 bits per heavy atom. The van der Waals surface area contributed by atoms with Crippen LogP contribution in [0.5, 0.6) is 5.75 Å². The molecule has 28 heavy (non-hydrogen) atoms. The van der Waals surface area contributed by atoms with Crippen LogP contribution in [0, 0.1) is 6.92 Å². The second-order valence-corrected chi connectivity index (χ2v) is 7.11. The van der Waals surface area contributed by atoms with Crippen LogP contribution in [0.1, 0.15) is 25.7 Å². The summed E-state index contributed by atoms with van der Waals surface area (Å²) in [7, 11) is 0. The topological polar surface area (TPSA) is 68.3 Å². The second kappa shape index (κ2) is 7.62. The van der Waals surface area contributed by atoms with Gasteiger partial charge in [-0.05, 0) is 54.8 Å². The van der Waals surface area contributed by atoms with Crippen molar-refractivity contribution in [1.82, 2.24) is 4.98 Å². The van der Waals surface area contributed by atoms with E-state index >= 15 is 0 Å². The van der Waals surface area contributed by atoms with Crippen molar-refractivity contribution in [1.29, 1.82) is 0 Å². The highest BCUT2D eigenvalue weighted by Gasteiger charge is 2.14. The van der Waals surface area contributed by atoms with E-state index in [1.807, 2.05) is 35.7 Å². The number of fused-ring (bicyclic) bond motifs is 1. The maximum atomic E-state index is 12.6. The zero-order valence-electron chi connectivity index (χ0n) is 15.0. The SMILES string of the molecule is Cc1nc2ccccc2cc1C(=O)Oc1ccc(NC(=O)c2cccs2)cc1. The molecule has 5 nitrogen and oxygen atoms in total. The van der Waals surface area contributed by atoms with E-state index < -0.39 is 5.97 Å². The van der Waals surface area contributed by atoms with E-state index in [0.717, 1.165) is 10.9 Å². The number of thiophene rings is 1. The number of carbonyl (C=O) groups excluding carboxylic acids is 2. The van der Waals surface area contributed by atoms with Gasteiger partial charge in [-0.15, -0.1) is 11.3 Å². The number of carbonyl (C=O) groups is 2. The molecule has 1 N–H and O–H groups in total. The quantitative estimate of drug-likeness (QED) is 0.391. The zero-order valence-corrected chi connectivity index (χ0v) is 15.8. The van der Waals surface area contributed by atoms with Crippen LogP contribution in [0.3, 0.4) is 0 Å². The van der Waals surface area contributed by atoms with Crippen molar-refractivity contribution >= 4 is 39.8 Å². The van der Waals surface area contributed by atoms with Gasteiger partial charge < -0.3 is 10.1 Å². The Morgan fingerprint density at radius 2 is 1.79 bits per heavy atom. The van der Waals surface area contributed by atoms with Crippen LogP contribution in [0.4, 0.5) is 5.69 Å². The minimum absolute atomic E-state index is 0.169. The summed E-state index contributed by atoms with van der Waals surface area (Å²) in [4.78, 5) is 29.7. The average Bonchev–Trinajstić information content (AvgIpc) is 3.24. The van der Waals surface area contributed by atoms with Crippen molar-refractivity contribution in [2.75, 3.05) is 5.32 Å². The lowest BCUT2D eigenvalue weighted by Crippen LogP contribution is -2.12. The lowest BCUT2D eigenvalue weighted by Gasteiger charge is -2.09. The minimum Gasteiger partial charge on any atom is -0.423 e. The lowest BCUT2D eigenvalue weighted by molar-refractivity contribution is 0.0733. The molecule has 0 bridgehead atoms. The fraction of sp³-hybridized carbons (Fsp3) is 0.0455. The van der Waals surface area contributed by atoms with Gasteiger partial charge in [0.05, 0.1) is 21.7 Å². The van der Waals surface area contributed by atoms with Gasteiger partial charge in [0.2, 0.25) is 0 Å².